The van der Waals surface area contributed by atoms with E-state index in [-0.39, 0.29) is 11.1 Å². The van der Waals surface area contributed by atoms with Crippen LogP contribution in [0, 0.1) is 0 Å². The largest absolute Gasteiger partial charge is 0.373 e. The van der Waals surface area contributed by atoms with Gasteiger partial charge in [0.2, 0.25) is 0 Å². The van der Waals surface area contributed by atoms with Gasteiger partial charge in [-0.15, -0.1) is 0 Å². The van der Waals surface area contributed by atoms with Crippen LogP contribution in [0.25, 0.3) is 0 Å². The molecular formula is C14H33N2OPSi. The summed E-state index contributed by atoms with van der Waals surface area (Å²) in [6.07, 6.45) is 1.24. The summed E-state index contributed by atoms with van der Waals surface area (Å²) in [5.41, 5.74) is 0.352. The van der Waals surface area contributed by atoms with E-state index in [0.717, 1.165) is 13.1 Å². The van der Waals surface area contributed by atoms with Gasteiger partial charge in [0.05, 0.1) is 0 Å². The minimum atomic E-state index is -1.54. The predicted molar refractivity (Wildman–Crippen MR) is 88.9 cm³/mol. The van der Waals surface area contributed by atoms with Gasteiger partial charge in [0.15, 0.2) is 16.8 Å². The molecule has 1 saturated heterocycles. The summed E-state index contributed by atoms with van der Waals surface area (Å²) < 4.78 is 11.8. The average Bonchev–Trinajstić information content (AvgIpc) is 2.11. The van der Waals surface area contributed by atoms with Crippen LogP contribution in [0.5, 0.6) is 0 Å². The zero-order valence-corrected chi connectivity index (χ0v) is 16.3. The molecule has 5 heteroatoms. The summed E-state index contributed by atoms with van der Waals surface area (Å²) >= 11 is 0. The van der Waals surface area contributed by atoms with Crippen LogP contribution in [-0.2, 0) is 4.21 Å². The highest BCUT2D eigenvalue weighted by atomic mass is 31.2. The van der Waals surface area contributed by atoms with Gasteiger partial charge >= 0.3 is 0 Å². The molecule has 1 heterocycles. The minimum Gasteiger partial charge on any atom is -0.373 e. The summed E-state index contributed by atoms with van der Waals surface area (Å²) in [6, 6.07) is 0. The van der Waals surface area contributed by atoms with E-state index in [9.17, 15) is 0 Å². The first kappa shape index (κ1) is 17.6. The summed E-state index contributed by atoms with van der Waals surface area (Å²) in [5.74, 6) is 0. The van der Waals surface area contributed by atoms with Crippen LogP contribution in [0.15, 0.2) is 0 Å². The molecule has 0 bridgehead atoms. The van der Waals surface area contributed by atoms with Gasteiger partial charge in [-0.05, 0) is 67.6 Å². The fourth-order valence-corrected chi connectivity index (χ4v) is 6.86. The van der Waals surface area contributed by atoms with E-state index in [2.05, 4.69) is 70.5 Å². The fourth-order valence-electron chi connectivity index (χ4n) is 2.20. The lowest BCUT2D eigenvalue weighted by Crippen LogP contribution is -2.52. The van der Waals surface area contributed by atoms with Crippen molar-refractivity contribution in [1.29, 1.82) is 0 Å². The molecule has 0 unspecified atom stereocenters. The second-order valence-corrected chi connectivity index (χ2v) is 14.8. The van der Waals surface area contributed by atoms with Gasteiger partial charge in [-0.3, -0.25) is 0 Å². The van der Waals surface area contributed by atoms with Crippen molar-refractivity contribution in [2.24, 2.45) is 0 Å². The van der Waals surface area contributed by atoms with E-state index in [1.807, 2.05) is 0 Å². The normalized spacial score (nSPS) is 21.9. The van der Waals surface area contributed by atoms with Crippen molar-refractivity contribution in [2.75, 3.05) is 13.1 Å². The maximum absolute atomic E-state index is 6.61. The van der Waals surface area contributed by atoms with E-state index in [1.165, 1.54) is 6.42 Å². The molecule has 0 atom stereocenters. The molecule has 0 saturated carbocycles. The number of nitrogens with zero attached hydrogens (tertiary/aromatic N) is 2. The summed E-state index contributed by atoms with van der Waals surface area (Å²) in [7, 11) is -2.17. The first-order chi connectivity index (χ1) is 8.32. The van der Waals surface area contributed by atoms with Gasteiger partial charge in [0.25, 0.3) is 0 Å². The monoisotopic (exact) mass is 304 g/mol. The first-order valence-corrected chi connectivity index (χ1v) is 11.9. The Labute approximate surface area is 122 Å². The second kappa shape index (κ2) is 5.73. The molecule has 1 aliphatic rings. The van der Waals surface area contributed by atoms with Crippen molar-refractivity contribution in [3.63, 3.8) is 0 Å². The van der Waals surface area contributed by atoms with Crippen LogP contribution in [0.1, 0.15) is 48.0 Å². The van der Waals surface area contributed by atoms with Crippen molar-refractivity contribution < 1.29 is 4.21 Å². The SMILES string of the molecule is CC(C)(C)N1CCCN(C(C)(C)C)P1O[Si](C)(C)C. The van der Waals surface area contributed by atoms with E-state index in [0.29, 0.717) is 0 Å². The molecule has 0 aromatic heterocycles. The second-order valence-electron chi connectivity index (χ2n) is 8.40. The fraction of sp³-hybridized carbons (Fsp3) is 1.00. The van der Waals surface area contributed by atoms with E-state index < -0.39 is 16.8 Å². The van der Waals surface area contributed by atoms with Gasteiger partial charge in [0.1, 0.15) is 0 Å². The number of rotatable bonds is 2. The maximum atomic E-state index is 6.61. The molecule has 1 rings (SSSR count). The third kappa shape index (κ3) is 5.09. The topological polar surface area (TPSA) is 15.7 Å². The Bertz CT molecular complexity index is 282. The number of hydrogen-bond acceptors (Lipinski definition) is 3. The Morgan fingerprint density at radius 3 is 1.47 bits per heavy atom. The smallest absolute Gasteiger partial charge is 0.191 e. The van der Waals surface area contributed by atoms with E-state index in [1.54, 1.807) is 0 Å². The summed E-state index contributed by atoms with van der Waals surface area (Å²) in [5, 5.41) is 0. The van der Waals surface area contributed by atoms with Gasteiger partial charge in [-0.2, -0.15) is 0 Å². The summed E-state index contributed by atoms with van der Waals surface area (Å²) in [6.45, 7) is 23.1. The molecule has 19 heavy (non-hydrogen) atoms. The van der Waals surface area contributed by atoms with Crippen LogP contribution >= 0.6 is 8.45 Å². The highest BCUT2D eigenvalue weighted by molar-refractivity contribution is 7.49. The molecule has 1 fully saturated rings. The van der Waals surface area contributed by atoms with E-state index in [4.69, 9.17) is 4.21 Å². The Balaban J connectivity index is 3.05. The van der Waals surface area contributed by atoms with Gasteiger partial charge in [0, 0.05) is 24.2 Å². The Kier molecular flexibility index (Phi) is 5.30. The van der Waals surface area contributed by atoms with Crippen molar-refractivity contribution in [1.82, 2.24) is 9.34 Å². The van der Waals surface area contributed by atoms with Gasteiger partial charge in [-0.1, -0.05) is 0 Å². The molecule has 0 aromatic rings. The van der Waals surface area contributed by atoms with Gasteiger partial charge < -0.3 is 4.21 Å². The van der Waals surface area contributed by atoms with Crippen molar-refractivity contribution in [3.8, 4) is 0 Å². The maximum Gasteiger partial charge on any atom is 0.191 e. The van der Waals surface area contributed by atoms with Crippen molar-refractivity contribution in [2.45, 2.75) is 78.7 Å². The molecule has 0 aliphatic carbocycles. The van der Waals surface area contributed by atoms with Crippen LogP contribution < -0.4 is 0 Å². The zero-order chi connectivity index (χ0) is 15.1. The molecular weight excluding hydrogens is 271 g/mol. The van der Waals surface area contributed by atoms with Crippen LogP contribution in [0.4, 0.5) is 0 Å². The molecule has 0 amide bonds. The predicted octanol–water partition coefficient (Wildman–Crippen LogP) is 4.67. The zero-order valence-electron chi connectivity index (χ0n) is 14.4. The molecule has 0 radical (unpaired) electrons. The van der Waals surface area contributed by atoms with Crippen LogP contribution in [-0.4, -0.2) is 41.8 Å². The molecule has 0 N–H and O–H groups in total. The lowest BCUT2D eigenvalue weighted by atomic mass is 10.1. The lowest BCUT2D eigenvalue weighted by molar-refractivity contribution is 0.144. The molecule has 0 spiro atoms. The highest BCUT2D eigenvalue weighted by Crippen LogP contribution is 2.56. The first-order valence-electron chi connectivity index (χ1n) is 7.37. The molecule has 114 valence electrons. The Hall–Kier alpha value is 0.527. The molecule has 1 aliphatic heterocycles. The Morgan fingerprint density at radius 2 is 1.21 bits per heavy atom. The standard InChI is InChI=1S/C14H33N2OPSi/c1-13(2,3)15-11-10-12-16(14(4,5)6)18(15)17-19(7,8)9/h10-12H2,1-9H3. The third-order valence-corrected chi connectivity index (χ3v) is 8.33. The Morgan fingerprint density at radius 1 is 0.842 bits per heavy atom. The third-order valence-electron chi connectivity index (χ3n) is 3.06. The number of hydrogen-bond donors (Lipinski definition) is 0. The quantitative estimate of drug-likeness (QED) is 0.544. The van der Waals surface area contributed by atoms with Crippen LogP contribution in [0.3, 0.4) is 0 Å². The highest BCUT2D eigenvalue weighted by Gasteiger charge is 2.43. The molecule has 0 aromatic carbocycles. The van der Waals surface area contributed by atoms with Crippen molar-refractivity contribution in [3.05, 3.63) is 0 Å². The summed E-state index contributed by atoms with van der Waals surface area (Å²) in [4.78, 5) is 0. The minimum absolute atomic E-state index is 0.176. The van der Waals surface area contributed by atoms with Gasteiger partial charge in [-0.25, -0.2) is 9.34 Å². The molecule has 3 nitrogen and oxygen atoms in total. The van der Waals surface area contributed by atoms with Crippen molar-refractivity contribution >= 4 is 16.8 Å². The van der Waals surface area contributed by atoms with E-state index >= 15 is 0 Å². The lowest BCUT2D eigenvalue weighted by Gasteiger charge is -2.53. The average molecular weight is 304 g/mol. The van der Waals surface area contributed by atoms with Crippen LogP contribution in [0.2, 0.25) is 19.6 Å².